The first-order valence-electron chi connectivity index (χ1n) is 10.3. The molecule has 0 aromatic heterocycles. The molecule has 1 heterocycles. The van der Waals surface area contributed by atoms with Crippen molar-refractivity contribution >= 4 is 12.3 Å². The zero-order valence-electron chi connectivity index (χ0n) is 17.3. The molecule has 1 aliphatic heterocycles. The van der Waals surface area contributed by atoms with Gasteiger partial charge in [0.05, 0.1) is 11.7 Å². The highest BCUT2D eigenvalue weighted by molar-refractivity contribution is 5.69. The number of esters is 1. The van der Waals surface area contributed by atoms with Crippen LogP contribution in [0.1, 0.15) is 73.1 Å². The van der Waals surface area contributed by atoms with E-state index in [0.717, 1.165) is 44.0 Å². The number of rotatable bonds is 3. The molecule has 0 aromatic carbocycles. The van der Waals surface area contributed by atoms with Crippen LogP contribution in [0.2, 0.25) is 0 Å². The van der Waals surface area contributed by atoms with Crippen LogP contribution in [0, 0.1) is 17.3 Å². The Morgan fingerprint density at radius 3 is 2.67 bits per heavy atom. The summed E-state index contributed by atoms with van der Waals surface area (Å²) in [4.78, 5) is 23.4. The van der Waals surface area contributed by atoms with Crippen LogP contribution in [0.5, 0.6) is 0 Å². The number of epoxide rings is 1. The van der Waals surface area contributed by atoms with Crippen LogP contribution < -0.4 is 0 Å². The van der Waals surface area contributed by atoms with Crippen molar-refractivity contribution in [2.45, 2.75) is 96.6 Å². The van der Waals surface area contributed by atoms with Gasteiger partial charge in [-0.15, -0.1) is 0 Å². The normalized spacial score (nSPS) is 44.6. The van der Waals surface area contributed by atoms with Gasteiger partial charge in [-0.1, -0.05) is 26.3 Å². The lowest BCUT2D eigenvalue weighted by Crippen LogP contribution is -2.44. The van der Waals surface area contributed by atoms with E-state index in [2.05, 4.69) is 20.8 Å². The predicted molar refractivity (Wildman–Crippen MR) is 102 cm³/mol. The lowest BCUT2D eigenvalue weighted by atomic mass is 9.67. The minimum atomic E-state index is -0.868. The van der Waals surface area contributed by atoms with Crippen LogP contribution in [0.15, 0.2) is 11.6 Å². The molecule has 1 saturated heterocycles. The summed E-state index contributed by atoms with van der Waals surface area (Å²) >= 11 is 0. The van der Waals surface area contributed by atoms with E-state index in [1.807, 2.05) is 13.0 Å². The van der Waals surface area contributed by atoms with E-state index in [4.69, 9.17) is 9.47 Å². The Balaban J connectivity index is 1.94. The highest BCUT2D eigenvalue weighted by Crippen LogP contribution is 2.59. The number of aldehydes is 1. The molecule has 0 radical (unpaired) electrons. The Bertz CT molecular complexity index is 641. The zero-order chi connectivity index (χ0) is 20.0. The number of hydrogen-bond acceptors (Lipinski definition) is 5. The van der Waals surface area contributed by atoms with Crippen molar-refractivity contribution in [3.63, 3.8) is 0 Å². The lowest BCUT2D eigenvalue weighted by Gasteiger charge is -2.41. The lowest BCUT2D eigenvalue weighted by molar-refractivity contribution is -0.145. The van der Waals surface area contributed by atoms with Crippen molar-refractivity contribution in [1.29, 1.82) is 0 Å². The summed E-state index contributed by atoms with van der Waals surface area (Å²) < 4.78 is 11.4. The summed E-state index contributed by atoms with van der Waals surface area (Å²) in [6.07, 6.45) is 6.84. The number of fused-ring (bicyclic) bond motifs is 2. The number of ether oxygens (including phenoxy) is 2. The third kappa shape index (κ3) is 3.73. The highest BCUT2D eigenvalue weighted by Gasteiger charge is 2.63. The van der Waals surface area contributed by atoms with Gasteiger partial charge in [0, 0.05) is 13.3 Å². The SMILES string of the molecule is CC(=O)OC1C=C(C)CCC2C(C)(CCC2(O)C(C)C)CC2OC2(C=O)C1. The van der Waals surface area contributed by atoms with Crippen molar-refractivity contribution in [3.8, 4) is 0 Å². The quantitative estimate of drug-likeness (QED) is 0.352. The smallest absolute Gasteiger partial charge is 0.303 e. The van der Waals surface area contributed by atoms with Gasteiger partial charge in [-0.3, -0.25) is 4.79 Å². The van der Waals surface area contributed by atoms with Crippen LogP contribution in [0.3, 0.4) is 0 Å². The average Bonchev–Trinajstić information content (AvgIpc) is 3.15. The zero-order valence-corrected chi connectivity index (χ0v) is 17.3. The van der Waals surface area contributed by atoms with E-state index in [-0.39, 0.29) is 29.3 Å². The maximum atomic E-state index is 11.9. The van der Waals surface area contributed by atoms with E-state index in [1.165, 1.54) is 6.92 Å². The highest BCUT2D eigenvalue weighted by atomic mass is 16.6. The van der Waals surface area contributed by atoms with E-state index in [0.29, 0.717) is 6.42 Å². The number of carbonyl (C=O) groups excluding carboxylic acids is 2. The van der Waals surface area contributed by atoms with E-state index < -0.39 is 17.3 Å². The van der Waals surface area contributed by atoms with E-state index >= 15 is 0 Å². The van der Waals surface area contributed by atoms with Crippen LogP contribution in [0.25, 0.3) is 0 Å². The molecule has 27 heavy (non-hydrogen) atoms. The second-order valence-corrected chi connectivity index (χ2v) is 9.64. The van der Waals surface area contributed by atoms with Crippen molar-refractivity contribution in [2.75, 3.05) is 0 Å². The second-order valence-electron chi connectivity index (χ2n) is 9.64. The van der Waals surface area contributed by atoms with E-state index in [9.17, 15) is 14.7 Å². The first-order valence-corrected chi connectivity index (χ1v) is 10.3. The fourth-order valence-electron chi connectivity index (χ4n) is 5.61. The summed E-state index contributed by atoms with van der Waals surface area (Å²) in [7, 11) is 0. The van der Waals surface area contributed by atoms with Gasteiger partial charge in [0.15, 0.2) is 11.9 Å². The molecule has 0 spiro atoms. The Hall–Kier alpha value is -1.20. The Morgan fingerprint density at radius 1 is 1.37 bits per heavy atom. The monoisotopic (exact) mass is 378 g/mol. The maximum Gasteiger partial charge on any atom is 0.303 e. The van der Waals surface area contributed by atoms with Gasteiger partial charge in [-0.25, -0.2) is 0 Å². The standard InChI is InChI=1S/C22H34O5/c1-14(2)22(25)9-8-20(5)12-19-21(13-23,27-19)11-17(26-16(4)24)10-15(3)6-7-18(20)22/h10,13-14,17-19,25H,6-9,11-12H2,1-5H3. The summed E-state index contributed by atoms with van der Waals surface area (Å²) in [6, 6.07) is 0. The van der Waals surface area contributed by atoms with Crippen LogP contribution in [-0.4, -0.2) is 40.8 Å². The predicted octanol–water partition coefficient (Wildman–Crippen LogP) is 3.58. The molecule has 2 fully saturated rings. The topological polar surface area (TPSA) is 76.1 Å². The molecule has 6 atom stereocenters. The third-order valence-electron chi connectivity index (χ3n) is 7.38. The van der Waals surface area contributed by atoms with Gasteiger partial charge in [0.1, 0.15) is 6.10 Å². The fourth-order valence-corrected chi connectivity index (χ4v) is 5.61. The molecule has 3 aliphatic rings. The summed E-state index contributed by atoms with van der Waals surface area (Å²) in [5, 5.41) is 11.5. The molecule has 5 nitrogen and oxygen atoms in total. The molecule has 1 N–H and O–H groups in total. The molecule has 152 valence electrons. The minimum absolute atomic E-state index is 0.0595. The number of hydrogen-bond donors (Lipinski definition) is 1. The van der Waals surface area contributed by atoms with Gasteiger partial charge in [-0.2, -0.15) is 0 Å². The molecular formula is C22H34O5. The molecule has 2 aliphatic carbocycles. The third-order valence-corrected chi connectivity index (χ3v) is 7.38. The van der Waals surface area contributed by atoms with Crippen LogP contribution >= 0.6 is 0 Å². The largest absolute Gasteiger partial charge is 0.458 e. The molecule has 3 rings (SSSR count). The Kier molecular flexibility index (Phi) is 5.32. The summed E-state index contributed by atoms with van der Waals surface area (Å²) in [5.41, 5.74) is -0.484. The van der Waals surface area contributed by atoms with Crippen molar-refractivity contribution in [3.05, 3.63) is 11.6 Å². The number of aliphatic hydroxyl groups is 1. The van der Waals surface area contributed by atoms with Crippen molar-refractivity contribution in [1.82, 2.24) is 0 Å². The molecule has 0 aromatic rings. The van der Waals surface area contributed by atoms with Gasteiger partial charge >= 0.3 is 5.97 Å². The first-order chi connectivity index (χ1) is 12.5. The Morgan fingerprint density at radius 2 is 2.07 bits per heavy atom. The van der Waals surface area contributed by atoms with Crippen LogP contribution in [-0.2, 0) is 19.1 Å². The van der Waals surface area contributed by atoms with E-state index in [1.54, 1.807) is 0 Å². The molecule has 0 bridgehead atoms. The summed E-state index contributed by atoms with van der Waals surface area (Å²) in [5.74, 6) is -0.00848. The summed E-state index contributed by atoms with van der Waals surface area (Å²) in [6.45, 7) is 9.87. The van der Waals surface area contributed by atoms with Gasteiger partial charge < -0.3 is 19.4 Å². The molecule has 0 amide bonds. The first kappa shape index (κ1) is 20.5. The Labute approximate surface area is 162 Å². The number of carbonyl (C=O) groups is 2. The van der Waals surface area contributed by atoms with Crippen molar-refractivity contribution in [2.24, 2.45) is 17.3 Å². The second kappa shape index (κ2) is 7.00. The molecular weight excluding hydrogens is 344 g/mol. The number of allylic oxidation sites excluding steroid dienone is 1. The van der Waals surface area contributed by atoms with Gasteiger partial charge in [0.25, 0.3) is 0 Å². The molecule has 6 unspecified atom stereocenters. The van der Waals surface area contributed by atoms with Crippen LogP contribution in [0.4, 0.5) is 0 Å². The average molecular weight is 379 g/mol. The molecule has 5 heteroatoms. The van der Waals surface area contributed by atoms with Gasteiger partial charge in [-0.05, 0) is 62.4 Å². The van der Waals surface area contributed by atoms with Crippen molar-refractivity contribution < 1.29 is 24.2 Å². The van der Waals surface area contributed by atoms with Gasteiger partial charge in [0.2, 0.25) is 0 Å². The fraction of sp³-hybridized carbons (Fsp3) is 0.818. The minimum Gasteiger partial charge on any atom is -0.458 e. The molecule has 1 saturated carbocycles. The maximum absolute atomic E-state index is 11.9.